The number of hydrogen-bond donors (Lipinski definition) is 3. The Bertz CT molecular complexity index is 141. The molecular weight excluding hydrogens is 162 g/mol. The Morgan fingerprint density at radius 3 is 2.58 bits per heavy atom. The molecule has 1 amide bonds. The SMILES string of the molecule is CC(C)(O)CNC(=O)OCCO. The van der Waals surface area contributed by atoms with Crippen LogP contribution in [0.15, 0.2) is 0 Å². The number of carbonyl (C=O) groups excluding carboxylic acids is 1. The van der Waals surface area contributed by atoms with E-state index in [0.29, 0.717) is 0 Å². The van der Waals surface area contributed by atoms with Crippen molar-refractivity contribution in [2.45, 2.75) is 19.4 Å². The zero-order chi connectivity index (χ0) is 9.61. The van der Waals surface area contributed by atoms with Crippen molar-refractivity contribution in [2.24, 2.45) is 0 Å². The van der Waals surface area contributed by atoms with Crippen molar-refractivity contribution in [3.63, 3.8) is 0 Å². The number of amides is 1. The molecule has 0 heterocycles. The molecule has 0 saturated heterocycles. The van der Waals surface area contributed by atoms with E-state index in [1.165, 1.54) is 0 Å². The van der Waals surface area contributed by atoms with Gasteiger partial charge in [-0.05, 0) is 13.8 Å². The van der Waals surface area contributed by atoms with E-state index in [9.17, 15) is 9.90 Å². The molecule has 5 nitrogen and oxygen atoms in total. The fourth-order valence-corrected chi connectivity index (χ4v) is 0.478. The highest BCUT2D eigenvalue weighted by atomic mass is 16.6. The van der Waals surface area contributed by atoms with Gasteiger partial charge < -0.3 is 20.3 Å². The van der Waals surface area contributed by atoms with Crippen LogP contribution < -0.4 is 5.32 Å². The van der Waals surface area contributed by atoms with Crippen LogP contribution in [0.3, 0.4) is 0 Å². The number of ether oxygens (including phenoxy) is 1. The summed E-state index contributed by atoms with van der Waals surface area (Å²) in [5.41, 5.74) is -0.946. The molecule has 0 aromatic heterocycles. The maximum atomic E-state index is 10.7. The number of alkyl carbamates (subject to hydrolysis) is 1. The molecule has 0 spiro atoms. The van der Waals surface area contributed by atoms with E-state index >= 15 is 0 Å². The lowest BCUT2D eigenvalue weighted by molar-refractivity contribution is 0.0710. The third kappa shape index (κ3) is 7.30. The van der Waals surface area contributed by atoms with Crippen LogP contribution in [0, 0.1) is 0 Å². The lowest BCUT2D eigenvalue weighted by atomic mass is 10.1. The second-order valence-corrected chi connectivity index (χ2v) is 3.03. The average Bonchev–Trinajstić information content (AvgIpc) is 1.95. The van der Waals surface area contributed by atoms with E-state index in [-0.39, 0.29) is 19.8 Å². The number of aliphatic hydroxyl groups excluding tert-OH is 1. The molecule has 0 aromatic rings. The van der Waals surface area contributed by atoms with Gasteiger partial charge in [0.1, 0.15) is 6.61 Å². The fraction of sp³-hybridized carbons (Fsp3) is 0.857. The molecule has 0 bridgehead atoms. The van der Waals surface area contributed by atoms with Crippen LogP contribution >= 0.6 is 0 Å². The van der Waals surface area contributed by atoms with Gasteiger partial charge in [0, 0.05) is 6.54 Å². The first kappa shape index (κ1) is 11.2. The van der Waals surface area contributed by atoms with E-state index in [1.807, 2.05) is 0 Å². The molecule has 0 atom stereocenters. The third-order valence-electron chi connectivity index (χ3n) is 0.990. The van der Waals surface area contributed by atoms with Gasteiger partial charge in [-0.2, -0.15) is 0 Å². The van der Waals surface area contributed by atoms with E-state index in [0.717, 1.165) is 0 Å². The van der Waals surface area contributed by atoms with Crippen LogP contribution in [-0.2, 0) is 4.74 Å². The number of hydrogen-bond acceptors (Lipinski definition) is 4. The van der Waals surface area contributed by atoms with Crippen LogP contribution in [0.25, 0.3) is 0 Å². The number of carbonyl (C=O) groups is 1. The average molecular weight is 177 g/mol. The molecule has 0 fully saturated rings. The summed E-state index contributed by atoms with van der Waals surface area (Å²) in [6.07, 6.45) is -0.633. The molecule has 0 saturated carbocycles. The highest BCUT2D eigenvalue weighted by molar-refractivity contribution is 5.67. The summed E-state index contributed by atoms with van der Waals surface area (Å²) >= 11 is 0. The molecule has 5 heteroatoms. The minimum Gasteiger partial charge on any atom is -0.447 e. The molecule has 0 radical (unpaired) electrons. The molecule has 0 aromatic carbocycles. The van der Waals surface area contributed by atoms with Crippen molar-refractivity contribution in [1.29, 1.82) is 0 Å². The minimum absolute atomic E-state index is 0.0301. The zero-order valence-electron chi connectivity index (χ0n) is 7.33. The molecule has 12 heavy (non-hydrogen) atoms. The van der Waals surface area contributed by atoms with Gasteiger partial charge in [-0.25, -0.2) is 4.79 Å². The summed E-state index contributed by atoms with van der Waals surface area (Å²) < 4.78 is 4.48. The summed E-state index contributed by atoms with van der Waals surface area (Å²) in [4.78, 5) is 10.7. The van der Waals surface area contributed by atoms with Crippen molar-refractivity contribution in [3.8, 4) is 0 Å². The number of rotatable bonds is 4. The van der Waals surface area contributed by atoms with Crippen LogP contribution in [0.1, 0.15) is 13.8 Å². The smallest absolute Gasteiger partial charge is 0.407 e. The van der Waals surface area contributed by atoms with Gasteiger partial charge >= 0.3 is 6.09 Å². The van der Waals surface area contributed by atoms with Gasteiger partial charge in [0.15, 0.2) is 0 Å². The maximum Gasteiger partial charge on any atom is 0.407 e. The summed E-state index contributed by atoms with van der Waals surface area (Å²) in [6.45, 7) is 3.03. The highest BCUT2D eigenvalue weighted by Crippen LogP contribution is 1.96. The summed E-state index contributed by atoms with van der Waals surface area (Å²) in [6, 6.07) is 0. The van der Waals surface area contributed by atoms with E-state index in [4.69, 9.17) is 5.11 Å². The van der Waals surface area contributed by atoms with Crippen LogP contribution in [-0.4, -0.2) is 41.7 Å². The lowest BCUT2D eigenvalue weighted by Crippen LogP contribution is -2.38. The molecule has 72 valence electrons. The van der Waals surface area contributed by atoms with Crippen LogP contribution in [0.5, 0.6) is 0 Å². The van der Waals surface area contributed by atoms with Crippen molar-refractivity contribution in [2.75, 3.05) is 19.8 Å². The molecule has 0 aliphatic carbocycles. The number of nitrogens with one attached hydrogen (secondary N) is 1. The van der Waals surface area contributed by atoms with Gasteiger partial charge in [0.25, 0.3) is 0 Å². The van der Waals surface area contributed by atoms with Crippen LogP contribution in [0.2, 0.25) is 0 Å². The predicted molar refractivity (Wildman–Crippen MR) is 42.7 cm³/mol. The summed E-state index contributed by atoms with van der Waals surface area (Å²) in [5.74, 6) is 0. The fourth-order valence-electron chi connectivity index (χ4n) is 0.478. The van der Waals surface area contributed by atoms with Crippen molar-refractivity contribution >= 4 is 6.09 Å². The number of aliphatic hydroxyl groups is 2. The Balaban J connectivity index is 3.44. The van der Waals surface area contributed by atoms with Gasteiger partial charge in [0.2, 0.25) is 0 Å². The van der Waals surface area contributed by atoms with Gasteiger partial charge in [-0.1, -0.05) is 0 Å². The molecule has 0 aliphatic heterocycles. The van der Waals surface area contributed by atoms with E-state index in [1.54, 1.807) is 13.8 Å². The second-order valence-electron chi connectivity index (χ2n) is 3.03. The molecule has 0 rings (SSSR count). The first-order valence-electron chi connectivity index (χ1n) is 3.69. The molecule has 3 N–H and O–H groups in total. The first-order chi connectivity index (χ1) is 5.45. The topological polar surface area (TPSA) is 78.8 Å². The quantitative estimate of drug-likeness (QED) is 0.539. The zero-order valence-corrected chi connectivity index (χ0v) is 7.33. The van der Waals surface area contributed by atoms with Crippen molar-refractivity contribution < 1.29 is 19.7 Å². The van der Waals surface area contributed by atoms with E-state index < -0.39 is 11.7 Å². The normalized spacial score (nSPS) is 11.0. The standard InChI is InChI=1S/C7H15NO4/c1-7(2,11)5-8-6(10)12-4-3-9/h9,11H,3-5H2,1-2H3,(H,8,10). The summed E-state index contributed by atoms with van der Waals surface area (Å²) in [7, 11) is 0. The minimum atomic E-state index is -0.946. The highest BCUT2D eigenvalue weighted by Gasteiger charge is 2.13. The Hall–Kier alpha value is -0.810. The van der Waals surface area contributed by atoms with Crippen molar-refractivity contribution in [1.82, 2.24) is 5.32 Å². The Morgan fingerprint density at radius 2 is 2.17 bits per heavy atom. The van der Waals surface area contributed by atoms with Crippen molar-refractivity contribution in [3.05, 3.63) is 0 Å². The maximum absolute atomic E-state index is 10.7. The van der Waals surface area contributed by atoms with Gasteiger partial charge in [-0.3, -0.25) is 0 Å². The third-order valence-corrected chi connectivity index (χ3v) is 0.990. The first-order valence-corrected chi connectivity index (χ1v) is 3.69. The predicted octanol–water partition coefficient (Wildman–Crippen LogP) is -0.524. The molecule has 0 aliphatic rings. The van der Waals surface area contributed by atoms with E-state index in [2.05, 4.69) is 10.1 Å². The largest absolute Gasteiger partial charge is 0.447 e. The molecule has 0 unspecified atom stereocenters. The Labute approximate surface area is 71.3 Å². The Kier molecular flexibility index (Phi) is 4.61. The lowest BCUT2D eigenvalue weighted by Gasteiger charge is -2.17. The summed E-state index contributed by atoms with van der Waals surface area (Å²) in [5, 5.41) is 19.8. The van der Waals surface area contributed by atoms with Gasteiger partial charge in [-0.15, -0.1) is 0 Å². The molecular formula is C7H15NO4. The van der Waals surface area contributed by atoms with Crippen LogP contribution in [0.4, 0.5) is 4.79 Å². The monoisotopic (exact) mass is 177 g/mol. The second kappa shape index (κ2) is 4.95. The van der Waals surface area contributed by atoms with Gasteiger partial charge in [0.05, 0.1) is 12.2 Å². The Morgan fingerprint density at radius 1 is 1.58 bits per heavy atom.